The molecule has 0 aliphatic rings. The number of rotatable bonds is 16. The van der Waals surface area contributed by atoms with Gasteiger partial charge >= 0.3 is 5.97 Å². The third kappa shape index (κ3) is 10.3. The highest BCUT2D eigenvalue weighted by molar-refractivity contribution is 5.95. The van der Waals surface area contributed by atoms with Gasteiger partial charge in [-0.15, -0.1) is 0 Å². The van der Waals surface area contributed by atoms with Crippen molar-refractivity contribution in [2.24, 2.45) is 0 Å². The first kappa shape index (κ1) is 24.2. The van der Waals surface area contributed by atoms with E-state index in [1.807, 2.05) is 13.0 Å². The van der Waals surface area contributed by atoms with Gasteiger partial charge in [-0.2, -0.15) is 0 Å². The van der Waals surface area contributed by atoms with Crippen molar-refractivity contribution in [2.45, 2.75) is 58.3 Å². The molecule has 0 aliphatic carbocycles. The van der Waals surface area contributed by atoms with E-state index >= 15 is 0 Å². The molecule has 1 rings (SSSR count). The minimum absolute atomic E-state index is 0.0314. The molecule has 0 aliphatic heterocycles. The van der Waals surface area contributed by atoms with Gasteiger partial charge in [0.25, 0.3) is 0 Å². The van der Waals surface area contributed by atoms with Gasteiger partial charge in [-0.05, 0) is 37.8 Å². The summed E-state index contributed by atoms with van der Waals surface area (Å²) in [6.45, 7) is 7.14. The third-order valence-corrected chi connectivity index (χ3v) is 4.61. The number of aromatic carboxylic acids is 1. The van der Waals surface area contributed by atoms with Gasteiger partial charge in [0, 0.05) is 25.2 Å². The van der Waals surface area contributed by atoms with Crippen molar-refractivity contribution in [1.29, 1.82) is 0 Å². The Morgan fingerprint density at radius 1 is 1.03 bits per heavy atom. The Labute approximate surface area is 173 Å². The Balaban J connectivity index is 2.17. The van der Waals surface area contributed by atoms with Crippen LogP contribution in [-0.4, -0.2) is 36.5 Å². The summed E-state index contributed by atoms with van der Waals surface area (Å²) in [4.78, 5) is 33.4. The molecule has 0 saturated carbocycles. The van der Waals surface area contributed by atoms with E-state index in [1.54, 1.807) is 12.1 Å². The van der Waals surface area contributed by atoms with Crippen LogP contribution in [0.15, 0.2) is 30.5 Å². The number of carbonyl (C=O) groups is 3. The number of benzene rings is 1. The number of aryl methyl sites for hydroxylation is 1. The van der Waals surface area contributed by atoms with Gasteiger partial charge in [-0.1, -0.05) is 44.4 Å². The Hall–Kier alpha value is -2.83. The first-order valence-electron chi connectivity index (χ1n) is 10.2. The van der Waals surface area contributed by atoms with Gasteiger partial charge in [-0.3, -0.25) is 9.59 Å². The van der Waals surface area contributed by atoms with Crippen LogP contribution in [0.25, 0.3) is 0 Å². The second-order valence-electron chi connectivity index (χ2n) is 7.07. The maximum atomic E-state index is 12.0. The third-order valence-electron chi connectivity index (χ3n) is 4.61. The molecule has 7 nitrogen and oxygen atoms in total. The van der Waals surface area contributed by atoms with Gasteiger partial charge in [0.1, 0.15) is 0 Å². The van der Waals surface area contributed by atoms with Crippen LogP contribution < -0.4 is 16.0 Å². The molecule has 1 aromatic carbocycles. The first-order chi connectivity index (χ1) is 14.0. The number of hydrogen-bond acceptors (Lipinski definition) is 4. The minimum atomic E-state index is -1.00. The maximum Gasteiger partial charge on any atom is 0.337 e. The number of allylic oxidation sites excluding steroid dienone is 1. The second-order valence-corrected chi connectivity index (χ2v) is 7.07. The molecule has 4 N–H and O–H groups in total. The Bertz CT molecular complexity index is 689. The lowest BCUT2D eigenvalue weighted by atomic mass is 10.1. The van der Waals surface area contributed by atoms with Gasteiger partial charge in [-0.25, -0.2) is 4.79 Å². The molecule has 29 heavy (non-hydrogen) atoms. The summed E-state index contributed by atoms with van der Waals surface area (Å²) >= 11 is 0. The van der Waals surface area contributed by atoms with Gasteiger partial charge in [0.2, 0.25) is 12.3 Å². The number of carbonyl (C=O) groups excluding carboxylic acids is 2. The largest absolute Gasteiger partial charge is 0.478 e. The van der Waals surface area contributed by atoms with Gasteiger partial charge < -0.3 is 21.1 Å². The molecule has 1 aromatic rings. The molecule has 0 saturated heterocycles. The molecule has 0 radical (unpaired) electrons. The molecule has 0 spiro atoms. The number of para-hydroxylation sites is 1. The van der Waals surface area contributed by atoms with E-state index in [0.29, 0.717) is 30.8 Å². The summed E-state index contributed by atoms with van der Waals surface area (Å²) in [6, 6.07) is 5.07. The summed E-state index contributed by atoms with van der Waals surface area (Å²) in [5, 5.41) is 17.9. The molecule has 0 atom stereocenters. The summed E-state index contributed by atoms with van der Waals surface area (Å²) in [5.41, 5.74) is 2.14. The Kier molecular flexibility index (Phi) is 11.9. The predicted octanol–water partition coefficient (Wildman–Crippen LogP) is 3.60. The van der Waals surface area contributed by atoms with Crippen LogP contribution in [-0.2, 0) is 9.59 Å². The fraction of sp³-hybridized carbons (Fsp3) is 0.500. The van der Waals surface area contributed by atoms with Gasteiger partial charge in [0.15, 0.2) is 0 Å². The summed E-state index contributed by atoms with van der Waals surface area (Å²) < 4.78 is 0. The summed E-state index contributed by atoms with van der Waals surface area (Å²) in [5.74, 6) is -1.03. The first-order valence-corrected chi connectivity index (χ1v) is 10.2. The number of carboxylic acids is 1. The van der Waals surface area contributed by atoms with Crippen LogP contribution in [0, 0.1) is 6.92 Å². The van der Waals surface area contributed by atoms with E-state index in [9.17, 15) is 19.5 Å². The molecule has 2 amide bonds. The number of carboxylic acid groups (broad SMARTS) is 1. The topological polar surface area (TPSA) is 108 Å². The average molecular weight is 404 g/mol. The highest BCUT2D eigenvalue weighted by Crippen LogP contribution is 2.23. The lowest BCUT2D eigenvalue weighted by Crippen LogP contribution is -2.24. The van der Waals surface area contributed by atoms with Crippen LogP contribution in [0.4, 0.5) is 5.69 Å². The Morgan fingerprint density at radius 2 is 1.69 bits per heavy atom. The smallest absolute Gasteiger partial charge is 0.337 e. The van der Waals surface area contributed by atoms with Crippen LogP contribution >= 0.6 is 0 Å². The number of hydrogen-bond donors (Lipinski definition) is 4. The van der Waals surface area contributed by atoms with Gasteiger partial charge in [0.05, 0.1) is 11.3 Å². The van der Waals surface area contributed by atoms with Crippen LogP contribution in [0.3, 0.4) is 0 Å². The molecular weight excluding hydrogens is 370 g/mol. The van der Waals surface area contributed by atoms with E-state index in [0.717, 1.165) is 57.0 Å². The Morgan fingerprint density at radius 3 is 2.34 bits per heavy atom. The standard InChI is InChI=1S/C22H33N3O4/c1-17-10-9-11-19(22(28)29)21(17)25-18(2)12-13-20(27)24-15-8-6-4-3-5-7-14-23-16-26/h9-11,16,25H,2-8,12-15H2,1H3,(H,23,26)(H,24,27)(H,28,29). The lowest BCUT2D eigenvalue weighted by molar-refractivity contribution is -0.121. The monoisotopic (exact) mass is 403 g/mol. The van der Waals surface area contributed by atoms with Crippen LogP contribution in [0.1, 0.15) is 67.3 Å². The molecule has 7 heteroatoms. The van der Waals surface area contributed by atoms with E-state index in [4.69, 9.17) is 0 Å². The fourth-order valence-corrected chi connectivity index (χ4v) is 2.95. The van der Waals surface area contributed by atoms with Crippen LogP contribution in [0.5, 0.6) is 0 Å². The highest BCUT2D eigenvalue weighted by atomic mass is 16.4. The average Bonchev–Trinajstić information content (AvgIpc) is 2.69. The minimum Gasteiger partial charge on any atom is -0.478 e. The van der Waals surface area contributed by atoms with E-state index < -0.39 is 5.97 Å². The van der Waals surface area contributed by atoms with E-state index in [1.165, 1.54) is 0 Å². The van der Waals surface area contributed by atoms with Crippen molar-refractivity contribution in [3.63, 3.8) is 0 Å². The molecule has 0 fully saturated rings. The predicted molar refractivity (Wildman–Crippen MR) is 115 cm³/mol. The lowest BCUT2D eigenvalue weighted by Gasteiger charge is -2.14. The fourth-order valence-electron chi connectivity index (χ4n) is 2.95. The number of amides is 2. The summed E-state index contributed by atoms with van der Waals surface area (Å²) in [7, 11) is 0. The molecular formula is C22H33N3O4. The number of anilines is 1. The molecule has 0 heterocycles. The molecule has 0 unspecified atom stereocenters. The number of unbranched alkanes of at least 4 members (excludes halogenated alkanes) is 5. The number of nitrogens with one attached hydrogen (secondary N) is 3. The zero-order chi connectivity index (χ0) is 21.5. The zero-order valence-corrected chi connectivity index (χ0v) is 17.3. The van der Waals surface area contributed by atoms with E-state index in [2.05, 4.69) is 22.5 Å². The highest BCUT2D eigenvalue weighted by Gasteiger charge is 2.13. The van der Waals surface area contributed by atoms with Crippen molar-refractivity contribution in [2.75, 3.05) is 18.4 Å². The van der Waals surface area contributed by atoms with E-state index in [-0.39, 0.29) is 11.5 Å². The maximum absolute atomic E-state index is 12.0. The molecule has 0 aromatic heterocycles. The van der Waals surface area contributed by atoms with Crippen molar-refractivity contribution < 1.29 is 19.5 Å². The normalized spacial score (nSPS) is 10.2. The van der Waals surface area contributed by atoms with Crippen molar-refractivity contribution in [3.8, 4) is 0 Å². The second kappa shape index (κ2) is 14.2. The van der Waals surface area contributed by atoms with Crippen molar-refractivity contribution >= 4 is 24.0 Å². The molecule has 160 valence electrons. The van der Waals surface area contributed by atoms with Crippen LogP contribution in [0.2, 0.25) is 0 Å². The SMILES string of the molecule is C=C(CCC(=O)NCCCCCCCCNC=O)Nc1c(C)cccc1C(=O)O. The quantitative estimate of drug-likeness (QED) is 0.249. The van der Waals surface area contributed by atoms with Crippen molar-refractivity contribution in [3.05, 3.63) is 41.6 Å². The molecule has 0 bridgehead atoms. The van der Waals surface area contributed by atoms with Crippen molar-refractivity contribution in [1.82, 2.24) is 10.6 Å². The summed E-state index contributed by atoms with van der Waals surface area (Å²) in [6.07, 6.45) is 7.86. The zero-order valence-electron chi connectivity index (χ0n) is 17.3.